The number of halogens is 1. The fourth-order valence-corrected chi connectivity index (χ4v) is 6.19. The Hall–Kier alpha value is -3.22. The molecule has 1 aromatic carbocycles. The molecule has 11 nitrogen and oxygen atoms in total. The first-order valence-electron chi connectivity index (χ1n) is 14.2. The van der Waals surface area contributed by atoms with Crippen LogP contribution in [0.15, 0.2) is 18.2 Å². The summed E-state index contributed by atoms with van der Waals surface area (Å²) in [5, 5.41) is 29.9. The second kappa shape index (κ2) is 13.0. The van der Waals surface area contributed by atoms with Crippen molar-refractivity contribution in [2.45, 2.75) is 65.1 Å². The van der Waals surface area contributed by atoms with E-state index in [1.807, 2.05) is 41.4 Å². The molecule has 0 radical (unpaired) electrons. The molecule has 1 atom stereocenters. The smallest absolute Gasteiger partial charge is 0.354 e. The van der Waals surface area contributed by atoms with Crippen LogP contribution in [-0.4, -0.2) is 60.6 Å². The SMILES string of the molecule is COC(=O)c1c(CCCO)c2ccc(Cl)c(-c3c(COCc4cc(CO)n(C)n4)nn(C4CCCCO4)c3C)c2n1C. The lowest BCUT2D eigenvalue weighted by Gasteiger charge is -2.24. The van der Waals surface area contributed by atoms with Crippen LogP contribution >= 0.6 is 11.6 Å². The molecule has 1 aliphatic rings. The Balaban J connectivity index is 1.65. The van der Waals surface area contributed by atoms with Crippen LogP contribution in [0.5, 0.6) is 0 Å². The Kier molecular flexibility index (Phi) is 9.34. The van der Waals surface area contributed by atoms with Crippen molar-refractivity contribution in [3.05, 3.63) is 57.3 Å². The van der Waals surface area contributed by atoms with Crippen LogP contribution in [0.2, 0.25) is 5.02 Å². The number of fused-ring (bicyclic) bond motifs is 1. The van der Waals surface area contributed by atoms with Crippen molar-refractivity contribution in [3.63, 3.8) is 0 Å². The second-order valence-corrected chi connectivity index (χ2v) is 11.0. The maximum absolute atomic E-state index is 13.0. The third-order valence-electron chi connectivity index (χ3n) is 7.95. The number of aliphatic hydroxyl groups is 2. The first-order chi connectivity index (χ1) is 20.3. The molecule has 0 spiro atoms. The zero-order valence-corrected chi connectivity index (χ0v) is 25.3. The lowest BCUT2D eigenvalue weighted by atomic mass is 9.98. The molecule has 226 valence electrons. The maximum atomic E-state index is 13.0. The molecular formula is C30H38ClN5O6. The Labute approximate surface area is 249 Å². The largest absolute Gasteiger partial charge is 0.464 e. The van der Waals surface area contributed by atoms with Gasteiger partial charge in [-0.05, 0) is 56.7 Å². The van der Waals surface area contributed by atoms with E-state index < -0.39 is 5.97 Å². The summed E-state index contributed by atoms with van der Waals surface area (Å²) in [7, 11) is 4.97. The molecule has 2 N–H and O–H groups in total. The first kappa shape index (κ1) is 30.2. The minimum atomic E-state index is -0.451. The van der Waals surface area contributed by atoms with E-state index in [0.29, 0.717) is 47.2 Å². The van der Waals surface area contributed by atoms with Gasteiger partial charge in [0.25, 0.3) is 0 Å². The first-order valence-corrected chi connectivity index (χ1v) is 14.6. The second-order valence-electron chi connectivity index (χ2n) is 10.6. The fraction of sp³-hybridized carbons (Fsp3) is 0.500. The third kappa shape index (κ3) is 5.59. The predicted molar refractivity (Wildman–Crippen MR) is 157 cm³/mol. The van der Waals surface area contributed by atoms with Gasteiger partial charge < -0.3 is 29.0 Å². The van der Waals surface area contributed by atoms with Gasteiger partial charge in [-0.1, -0.05) is 17.7 Å². The number of aliphatic hydroxyl groups excluding tert-OH is 2. The summed E-state index contributed by atoms with van der Waals surface area (Å²) in [6, 6.07) is 5.57. The van der Waals surface area contributed by atoms with Crippen molar-refractivity contribution >= 4 is 28.5 Å². The molecular weight excluding hydrogens is 562 g/mol. The summed E-state index contributed by atoms with van der Waals surface area (Å²) in [5.74, 6) is -0.451. The van der Waals surface area contributed by atoms with Gasteiger partial charge in [-0.25, -0.2) is 9.48 Å². The highest BCUT2D eigenvalue weighted by molar-refractivity contribution is 6.35. The number of aryl methyl sites for hydroxylation is 3. The van der Waals surface area contributed by atoms with E-state index in [0.717, 1.165) is 52.5 Å². The quantitative estimate of drug-likeness (QED) is 0.244. The molecule has 0 bridgehead atoms. The number of aromatic nitrogens is 5. The van der Waals surface area contributed by atoms with Crippen LogP contribution < -0.4 is 0 Å². The monoisotopic (exact) mass is 599 g/mol. The van der Waals surface area contributed by atoms with Gasteiger partial charge in [0, 0.05) is 49.5 Å². The number of hydrogen-bond donors (Lipinski definition) is 2. The summed E-state index contributed by atoms with van der Waals surface area (Å²) in [6.07, 6.45) is 3.71. The number of carbonyl (C=O) groups excluding carboxylic acids is 1. The minimum Gasteiger partial charge on any atom is -0.464 e. The van der Waals surface area contributed by atoms with Gasteiger partial charge in [0.15, 0.2) is 0 Å². The average Bonchev–Trinajstić information content (AvgIpc) is 3.62. The number of carbonyl (C=O) groups is 1. The molecule has 0 saturated carbocycles. The summed E-state index contributed by atoms with van der Waals surface area (Å²) >= 11 is 6.98. The van der Waals surface area contributed by atoms with E-state index in [1.54, 1.807) is 11.7 Å². The van der Waals surface area contributed by atoms with Gasteiger partial charge in [-0.15, -0.1) is 0 Å². The standard InChI is InChI=1S/C30H38ClN5O6/c1-18-26(27-23(31)11-10-22-21(8-7-12-37)29(30(39)40-4)34(2)28(22)27)24(33-36(18)25-9-5-6-13-42-25)17-41-16-19-14-20(15-38)35(3)32-19/h10-11,14,25,37-38H,5-9,12-13,15-17H2,1-4H3. The number of nitrogens with zero attached hydrogens (tertiary/aromatic N) is 5. The molecule has 1 fully saturated rings. The lowest BCUT2D eigenvalue weighted by molar-refractivity contribution is -0.0411. The minimum absolute atomic E-state index is 0.00225. The molecule has 0 amide bonds. The van der Waals surface area contributed by atoms with Crippen LogP contribution in [0.1, 0.15) is 70.7 Å². The summed E-state index contributed by atoms with van der Waals surface area (Å²) in [4.78, 5) is 13.0. The number of hydrogen-bond acceptors (Lipinski definition) is 8. The van der Waals surface area contributed by atoms with Gasteiger partial charge >= 0.3 is 5.97 Å². The van der Waals surface area contributed by atoms with Crippen molar-refractivity contribution in [3.8, 4) is 11.1 Å². The maximum Gasteiger partial charge on any atom is 0.354 e. The van der Waals surface area contributed by atoms with E-state index >= 15 is 0 Å². The topological polar surface area (TPSA) is 126 Å². The van der Waals surface area contributed by atoms with Crippen LogP contribution in [-0.2, 0) is 54.5 Å². The highest BCUT2D eigenvalue weighted by atomic mass is 35.5. The molecule has 3 aromatic heterocycles. The van der Waals surface area contributed by atoms with Gasteiger partial charge in [-0.3, -0.25) is 4.68 Å². The highest BCUT2D eigenvalue weighted by Crippen LogP contribution is 2.43. The molecule has 12 heteroatoms. The zero-order valence-electron chi connectivity index (χ0n) is 24.5. The number of esters is 1. The van der Waals surface area contributed by atoms with E-state index in [2.05, 4.69) is 5.10 Å². The average molecular weight is 600 g/mol. The van der Waals surface area contributed by atoms with Crippen molar-refractivity contribution in [1.82, 2.24) is 24.1 Å². The molecule has 1 unspecified atom stereocenters. The van der Waals surface area contributed by atoms with Crippen molar-refractivity contribution in [1.29, 1.82) is 0 Å². The van der Waals surface area contributed by atoms with Crippen LogP contribution in [0.25, 0.3) is 22.0 Å². The Morgan fingerprint density at radius 2 is 1.98 bits per heavy atom. The third-order valence-corrected chi connectivity index (χ3v) is 8.27. The van der Waals surface area contributed by atoms with E-state index in [-0.39, 0.29) is 32.7 Å². The molecule has 5 rings (SSSR count). The van der Waals surface area contributed by atoms with Crippen molar-refractivity contribution in [2.24, 2.45) is 14.1 Å². The lowest BCUT2D eigenvalue weighted by Crippen LogP contribution is -2.20. The van der Waals surface area contributed by atoms with Crippen molar-refractivity contribution in [2.75, 3.05) is 20.3 Å². The molecule has 1 saturated heterocycles. The highest BCUT2D eigenvalue weighted by Gasteiger charge is 2.30. The Morgan fingerprint density at radius 1 is 1.17 bits per heavy atom. The number of methoxy groups -OCH3 is 1. The molecule has 1 aliphatic heterocycles. The van der Waals surface area contributed by atoms with E-state index in [4.69, 9.17) is 30.9 Å². The zero-order chi connectivity index (χ0) is 30.0. The number of rotatable bonds is 11. The van der Waals surface area contributed by atoms with Gasteiger partial charge in [0.1, 0.15) is 11.9 Å². The molecule has 42 heavy (non-hydrogen) atoms. The number of benzene rings is 1. The molecule has 4 aromatic rings. The number of ether oxygens (including phenoxy) is 3. The fourth-order valence-electron chi connectivity index (χ4n) is 5.95. The van der Waals surface area contributed by atoms with E-state index in [9.17, 15) is 15.0 Å². The Morgan fingerprint density at radius 3 is 2.64 bits per heavy atom. The molecule has 4 heterocycles. The van der Waals surface area contributed by atoms with Crippen LogP contribution in [0.4, 0.5) is 0 Å². The van der Waals surface area contributed by atoms with Crippen molar-refractivity contribution < 1.29 is 29.2 Å². The van der Waals surface area contributed by atoms with Gasteiger partial charge in [-0.2, -0.15) is 10.2 Å². The summed E-state index contributed by atoms with van der Waals surface area (Å²) < 4.78 is 22.8. The summed E-state index contributed by atoms with van der Waals surface area (Å²) in [5.41, 5.74) is 6.55. The van der Waals surface area contributed by atoms with Gasteiger partial charge in [0.05, 0.1) is 54.6 Å². The van der Waals surface area contributed by atoms with Crippen LogP contribution in [0, 0.1) is 6.92 Å². The predicted octanol–water partition coefficient (Wildman–Crippen LogP) is 4.36. The molecule has 0 aliphatic carbocycles. The normalized spacial score (nSPS) is 15.5. The Bertz CT molecular complexity index is 1580. The van der Waals surface area contributed by atoms with Crippen LogP contribution in [0.3, 0.4) is 0 Å². The van der Waals surface area contributed by atoms with Gasteiger partial charge in [0.2, 0.25) is 0 Å². The summed E-state index contributed by atoms with van der Waals surface area (Å²) in [6.45, 7) is 2.98. The van der Waals surface area contributed by atoms with E-state index in [1.165, 1.54) is 7.11 Å².